The van der Waals surface area contributed by atoms with Gasteiger partial charge in [0.15, 0.2) is 0 Å². The second kappa shape index (κ2) is 2.97. The molecular weight excluding hydrogens is 188 g/mol. The topological polar surface area (TPSA) is 37.3 Å². The Bertz CT molecular complexity index is 356. The maximum atomic E-state index is 10.9. The molecule has 0 saturated heterocycles. The lowest BCUT2D eigenvalue weighted by Gasteiger charge is -2.31. The maximum absolute atomic E-state index is 10.9. The fourth-order valence-corrected chi connectivity index (χ4v) is 4.10. The molecule has 0 aromatic carbocycles. The highest BCUT2D eigenvalue weighted by atomic mass is 16.4. The molecule has 5 atom stereocenters. The molecule has 0 spiro atoms. The van der Waals surface area contributed by atoms with Crippen molar-refractivity contribution in [3.05, 3.63) is 24.3 Å². The summed E-state index contributed by atoms with van der Waals surface area (Å²) in [7, 11) is 0. The lowest BCUT2D eigenvalue weighted by atomic mass is 9.73. The summed E-state index contributed by atoms with van der Waals surface area (Å²) in [6.45, 7) is 3.75. The molecule has 0 radical (unpaired) electrons. The van der Waals surface area contributed by atoms with Crippen LogP contribution in [0.2, 0.25) is 0 Å². The third-order valence-electron chi connectivity index (χ3n) is 4.73. The molecule has 2 saturated carbocycles. The van der Waals surface area contributed by atoms with Gasteiger partial charge in [-0.05, 0) is 48.9 Å². The minimum absolute atomic E-state index is 0.247. The van der Waals surface area contributed by atoms with E-state index in [0.29, 0.717) is 17.4 Å². The van der Waals surface area contributed by atoms with Gasteiger partial charge in [0.05, 0.1) is 0 Å². The number of carboxylic acids is 1. The SMILES string of the molecule is C=C(C(=O)O)[C@@H]1C[C@@H]2C[C@H]1[C@H]1C=CC[C@@H]21. The maximum Gasteiger partial charge on any atom is 0.331 e. The summed E-state index contributed by atoms with van der Waals surface area (Å²) in [5, 5.41) is 8.99. The van der Waals surface area contributed by atoms with Crippen LogP contribution in [0.1, 0.15) is 19.3 Å². The highest BCUT2D eigenvalue weighted by Crippen LogP contribution is 2.60. The number of fused-ring (bicyclic) bond motifs is 5. The molecule has 2 heteroatoms. The predicted molar refractivity (Wildman–Crippen MR) is 57.2 cm³/mol. The summed E-state index contributed by atoms with van der Waals surface area (Å²) >= 11 is 0. The van der Waals surface area contributed by atoms with E-state index in [1.54, 1.807) is 0 Å². The normalized spacial score (nSPS) is 45.7. The Morgan fingerprint density at radius 2 is 2.13 bits per heavy atom. The van der Waals surface area contributed by atoms with Crippen molar-refractivity contribution in [2.45, 2.75) is 19.3 Å². The summed E-state index contributed by atoms with van der Waals surface area (Å²) in [6.07, 6.45) is 8.12. The monoisotopic (exact) mass is 204 g/mol. The highest BCUT2D eigenvalue weighted by molar-refractivity contribution is 5.86. The number of aliphatic carboxylic acids is 1. The Kier molecular flexibility index (Phi) is 1.82. The van der Waals surface area contributed by atoms with E-state index in [1.807, 2.05) is 0 Å². The van der Waals surface area contributed by atoms with Gasteiger partial charge in [0.2, 0.25) is 0 Å². The standard InChI is InChI=1S/C13H16O2/c1-7(13(14)15)11-5-8-6-12(11)10-4-2-3-9(8)10/h2,4,8-12H,1,3,5-6H2,(H,14,15)/t8-,9+,10+,11+,12+/m1/s1. The first-order valence-corrected chi connectivity index (χ1v) is 5.77. The Morgan fingerprint density at radius 1 is 1.33 bits per heavy atom. The van der Waals surface area contributed by atoms with E-state index in [0.717, 1.165) is 18.3 Å². The number of allylic oxidation sites excluding steroid dienone is 2. The van der Waals surface area contributed by atoms with E-state index in [4.69, 9.17) is 5.11 Å². The zero-order chi connectivity index (χ0) is 10.6. The molecule has 0 aromatic heterocycles. The van der Waals surface area contributed by atoms with E-state index >= 15 is 0 Å². The molecular formula is C13H16O2. The van der Waals surface area contributed by atoms with Gasteiger partial charge in [-0.1, -0.05) is 18.7 Å². The molecule has 0 aliphatic heterocycles. The van der Waals surface area contributed by atoms with Gasteiger partial charge in [-0.2, -0.15) is 0 Å². The lowest BCUT2D eigenvalue weighted by Crippen LogP contribution is -2.27. The zero-order valence-electron chi connectivity index (χ0n) is 8.73. The number of carboxylic acid groups (broad SMARTS) is 1. The summed E-state index contributed by atoms with van der Waals surface area (Å²) in [5.74, 6) is 2.26. The highest BCUT2D eigenvalue weighted by Gasteiger charge is 2.53. The first-order chi connectivity index (χ1) is 7.18. The summed E-state index contributed by atoms with van der Waals surface area (Å²) < 4.78 is 0. The van der Waals surface area contributed by atoms with Crippen LogP contribution in [0.4, 0.5) is 0 Å². The minimum Gasteiger partial charge on any atom is -0.478 e. The molecule has 3 aliphatic carbocycles. The van der Waals surface area contributed by atoms with Gasteiger partial charge < -0.3 is 5.11 Å². The predicted octanol–water partition coefficient (Wildman–Crippen LogP) is 2.48. The third kappa shape index (κ3) is 1.14. The van der Waals surface area contributed by atoms with Crippen LogP contribution in [0, 0.1) is 29.6 Å². The molecule has 2 bridgehead atoms. The number of hydrogen-bond acceptors (Lipinski definition) is 1. The van der Waals surface area contributed by atoms with Crippen molar-refractivity contribution in [1.29, 1.82) is 0 Å². The van der Waals surface area contributed by atoms with Crippen LogP contribution in [-0.2, 0) is 4.79 Å². The largest absolute Gasteiger partial charge is 0.478 e. The van der Waals surface area contributed by atoms with Gasteiger partial charge in [-0.15, -0.1) is 0 Å². The molecule has 3 aliphatic rings. The molecule has 0 amide bonds. The van der Waals surface area contributed by atoms with Crippen molar-refractivity contribution < 1.29 is 9.90 Å². The van der Waals surface area contributed by atoms with Crippen molar-refractivity contribution in [3.8, 4) is 0 Å². The third-order valence-corrected chi connectivity index (χ3v) is 4.73. The van der Waals surface area contributed by atoms with Gasteiger partial charge in [-0.3, -0.25) is 0 Å². The molecule has 80 valence electrons. The van der Waals surface area contributed by atoms with Gasteiger partial charge in [-0.25, -0.2) is 4.79 Å². The molecule has 0 heterocycles. The van der Waals surface area contributed by atoms with Crippen LogP contribution in [0.5, 0.6) is 0 Å². The minimum atomic E-state index is -0.800. The van der Waals surface area contributed by atoms with Crippen LogP contribution in [0.15, 0.2) is 24.3 Å². The Morgan fingerprint density at radius 3 is 2.87 bits per heavy atom. The average Bonchev–Trinajstić information content (AvgIpc) is 2.87. The zero-order valence-corrected chi connectivity index (χ0v) is 8.73. The second-order valence-corrected chi connectivity index (χ2v) is 5.24. The van der Waals surface area contributed by atoms with Crippen molar-refractivity contribution in [1.82, 2.24) is 0 Å². The van der Waals surface area contributed by atoms with Gasteiger partial charge in [0, 0.05) is 5.57 Å². The average molecular weight is 204 g/mol. The van der Waals surface area contributed by atoms with Crippen LogP contribution in [0.25, 0.3) is 0 Å². The molecule has 0 unspecified atom stereocenters. The fourth-order valence-electron chi connectivity index (χ4n) is 4.10. The molecule has 2 fully saturated rings. The van der Waals surface area contributed by atoms with Crippen molar-refractivity contribution >= 4 is 5.97 Å². The van der Waals surface area contributed by atoms with Gasteiger partial charge in [0.1, 0.15) is 0 Å². The smallest absolute Gasteiger partial charge is 0.331 e. The molecule has 0 aromatic rings. The fraction of sp³-hybridized carbons (Fsp3) is 0.615. The Labute approximate surface area is 89.7 Å². The van der Waals surface area contributed by atoms with Crippen LogP contribution in [0.3, 0.4) is 0 Å². The molecule has 2 nitrogen and oxygen atoms in total. The first-order valence-electron chi connectivity index (χ1n) is 5.77. The summed E-state index contributed by atoms with van der Waals surface area (Å²) in [4.78, 5) is 10.9. The lowest BCUT2D eigenvalue weighted by molar-refractivity contribution is -0.133. The van der Waals surface area contributed by atoms with Crippen LogP contribution in [-0.4, -0.2) is 11.1 Å². The van der Waals surface area contributed by atoms with E-state index < -0.39 is 5.97 Å². The van der Waals surface area contributed by atoms with Crippen molar-refractivity contribution in [2.24, 2.45) is 29.6 Å². The first kappa shape index (κ1) is 9.20. The van der Waals surface area contributed by atoms with Crippen molar-refractivity contribution in [2.75, 3.05) is 0 Å². The van der Waals surface area contributed by atoms with Crippen LogP contribution < -0.4 is 0 Å². The van der Waals surface area contributed by atoms with E-state index in [9.17, 15) is 4.79 Å². The second-order valence-electron chi connectivity index (χ2n) is 5.24. The quantitative estimate of drug-likeness (QED) is 0.554. The van der Waals surface area contributed by atoms with Gasteiger partial charge in [0.25, 0.3) is 0 Å². The number of hydrogen-bond donors (Lipinski definition) is 1. The number of rotatable bonds is 2. The molecule has 1 N–H and O–H groups in total. The van der Waals surface area contributed by atoms with Crippen molar-refractivity contribution in [3.63, 3.8) is 0 Å². The van der Waals surface area contributed by atoms with E-state index in [-0.39, 0.29) is 5.92 Å². The van der Waals surface area contributed by atoms with E-state index in [2.05, 4.69) is 18.7 Å². The Hall–Kier alpha value is -1.05. The van der Waals surface area contributed by atoms with E-state index in [1.165, 1.54) is 12.8 Å². The summed E-state index contributed by atoms with van der Waals surface area (Å²) in [6, 6.07) is 0. The molecule has 15 heavy (non-hydrogen) atoms. The number of carbonyl (C=O) groups is 1. The Balaban J connectivity index is 1.84. The van der Waals surface area contributed by atoms with Crippen LogP contribution >= 0.6 is 0 Å². The summed E-state index contributed by atoms with van der Waals surface area (Å²) in [5.41, 5.74) is 0.446. The van der Waals surface area contributed by atoms with Gasteiger partial charge >= 0.3 is 5.97 Å². The molecule has 3 rings (SSSR count).